The van der Waals surface area contributed by atoms with Gasteiger partial charge in [-0.15, -0.1) is 12.4 Å². The summed E-state index contributed by atoms with van der Waals surface area (Å²) >= 11 is 0. The second-order valence-electron chi connectivity index (χ2n) is 6.25. The van der Waals surface area contributed by atoms with Crippen molar-refractivity contribution in [1.29, 1.82) is 0 Å². The molecule has 1 saturated heterocycles. The maximum atomic E-state index is 12.6. The van der Waals surface area contributed by atoms with Crippen LogP contribution in [0.2, 0.25) is 0 Å². The SMILES string of the molecule is CC(c1cc2ccccc2o1)N(C)C(=O)CN1CCCNCC1.Cl. The highest BCUT2D eigenvalue weighted by molar-refractivity contribution is 5.85. The first-order valence-electron chi connectivity index (χ1n) is 8.32. The number of furan rings is 1. The molecule has 2 aromatic rings. The number of rotatable bonds is 4. The molecule has 1 aliphatic rings. The minimum absolute atomic E-state index is 0. The van der Waals surface area contributed by atoms with Gasteiger partial charge < -0.3 is 14.6 Å². The topological polar surface area (TPSA) is 48.7 Å². The summed E-state index contributed by atoms with van der Waals surface area (Å²) in [4.78, 5) is 16.6. The van der Waals surface area contributed by atoms with Gasteiger partial charge in [-0.25, -0.2) is 0 Å². The van der Waals surface area contributed by atoms with Gasteiger partial charge in [0, 0.05) is 25.5 Å². The molecule has 132 valence electrons. The summed E-state index contributed by atoms with van der Waals surface area (Å²) in [6, 6.07) is 9.90. The van der Waals surface area contributed by atoms with Crippen molar-refractivity contribution in [2.24, 2.45) is 0 Å². The highest BCUT2D eigenvalue weighted by Crippen LogP contribution is 2.26. The smallest absolute Gasteiger partial charge is 0.237 e. The number of nitrogens with zero attached hydrogens (tertiary/aromatic N) is 2. The Morgan fingerprint density at radius 2 is 2.12 bits per heavy atom. The molecule has 0 spiro atoms. The van der Waals surface area contributed by atoms with Crippen LogP contribution in [0, 0.1) is 0 Å². The van der Waals surface area contributed by atoms with Gasteiger partial charge in [-0.3, -0.25) is 9.69 Å². The van der Waals surface area contributed by atoms with Crippen LogP contribution in [-0.4, -0.2) is 55.5 Å². The molecule has 2 heterocycles. The molecule has 6 heteroatoms. The normalized spacial score (nSPS) is 17.1. The van der Waals surface area contributed by atoms with Crippen molar-refractivity contribution in [1.82, 2.24) is 15.1 Å². The first kappa shape index (κ1) is 18.8. The molecule has 1 aromatic heterocycles. The Hall–Kier alpha value is -1.56. The maximum Gasteiger partial charge on any atom is 0.237 e. The van der Waals surface area contributed by atoms with Gasteiger partial charge in [0.2, 0.25) is 5.91 Å². The predicted molar refractivity (Wildman–Crippen MR) is 98.6 cm³/mol. The first-order chi connectivity index (χ1) is 11.1. The fraction of sp³-hybridized carbons (Fsp3) is 0.500. The standard InChI is InChI=1S/C18H25N3O2.ClH/c1-14(17-12-15-6-3-4-7-16(15)23-17)20(2)18(22)13-21-10-5-8-19-9-11-21;/h3-4,6-7,12,14,19H,5,8-11,13H2,1-2H3;1H. The summed E-state index contributed by atoms with van der Waals surface area (Å²) < 4.78 is 5.89. The third-order valence-electron chi connectivity index (χ3n) is 4.62. The number of fused-ring (bicyclic) bond motifs is 1. The molecule has 3 rings (SSSR count). The zero-order valence-corrected chi connectivity index (χ0v) is 15.1. The van der Waals surface area contributed by atoms with Crippen LogP contribution >= 0.6 is 12.4 Å². The number of likely N-dealkylation sites (N-methyl/N-ethyl adjacent to an activating group) is 1. The van der Waals surface area contributed by atoms with Crippen LogP contribution in [0.3, 0.4) is 0 Å². The third kappa shape index (κ3) is 4.29. The quantitative estimate of drug-likeness (QED) is 0.920. The van der Waals surface area contributed by atoms with Gasteiger partial charge in [0.25, 0.3) is 0 Å². The lowest BCUT2D eigenvalue weighted by molar-refractivity contribution is -0.133. The molecular weight excluding hydrogens is 326 g/mol. The van der Waals surface area contributed by atoms with Crippen molar-refractivity contribution in [3.8, 4) is 0 Å². The van der Waals surface area contributed by atoms with E-state index in [9.17, 15) is 4.79 Å². The summed E-state index contributed by atoms with van der Waals surface area (Å²) in [5.74, 6) is 0.972. The molecule has 0 bridgehead atoms. The number of hydrogen-bond donors (Lipinski definition) is 1. The fourth-order valence-electron chi connectivity index (χ4n) is 2.98. The summed E-state index contributed by atoms with van der Waals surface area (Å²) in [6.45, 7) is 6.39. The average Bonchev–Trinajstić information content (AvgIpc) is 2.84. The number of carbonyl (C=O) groups excluding carboxylic acids is 1. The molecule has 1 unspecified atom stereocenters. The van der Waals surface area contributed by atoms with E-state index in [-0.39, 0.29) is 24.4 Å². The summed E-state index contributed by atoms with van der Waals surface area (Å²) in [7, 11) is 1.86. The molecule has 1 N–H and O–H groups in total. The highest BCUT2D eigenvalue weighted by atomic mass is 35.5. The van der Waals surface area contributed by atoms with Crippen LogP contribution in [0.1, 0.15) is 25.1 Å². The Bertz CT molecular complexity index is 632. The monoisotopic (exact) mass is 351 g/mol. The largest absolute Gasteiger partial charge is 0.459 e. The molecule has 1 fully saturated rings. The van der Waals surface area contributed by atoms with Crippen molar-refractivity contribution in [2.75, 3.05) is 39.8 Å². The second-order valence-corrected chi connectivity index (χ2v) is 6.25. The van der Waals surface area contributed by atoms with E-state index in [2.05, 4.69) is 10.2 Å². The molecule has 5 nitrogen and oxygen atoms in total. The van der Waals surface area contributed by atoms with Gasteiger partial charge in [-0.1, -0.05) is 18.2 Å². The van der Waals surface area contributed by atoms with Crippen molar-refractivity contribution in [3.63, 3.8) is 0 Å². The second kappa shape index (κ2) is 8.51. The minimum Gasteiger partial charge on any atom is -0.459 e. The zero-order chi connectivity index (χ0) is 16.2. The Balaban J connectivity index is 0.00000208. The van der Waals surface area contributed by atoms with E-state index in [1.54, 1.807) is 4.90 Å². The Morgan fingerprint density at radius 1 is 1.33 bits per heavy atom. The lowest BCUT2D eigenvalue weighted by atomic mass is 10.2. The number of nitrogens with one attached hydrogen (secondary N) is 1. The highest BCUT2D eigenvalue weighted by Gasteiger charge is 2.22. The molecule has 0 radical (unpaired) electrons. The lowest BCUT2D eigenvalue weighted by Crippen LogP contribution is -2.40. The zero-order valence-electron chi connectivity index (χ0n) is 14.3. The van der Waals surface area contributed by atoms with Crippen molar-refractivity contribution in [2.45, 2.75) is 19.4 Å². The van der Waals surface area contributed by atoms with Gasteiger partial charge in [0.15, 0.2) is 0 Å². The number of hydrogen-bond acceptors (Lipinski definition) is 4. The van der Waals surface area contributed by atoms with E-state index in [1.165, 1.54) is 0 Å². The number of amides is 1. The molecule has 0 saturated carbocycles. The minimum atomic E-state index is -0.0694. The first-order valence-corrected chi connectivity index (χ1v) is 8.32. The summed E-state index contributed by atoms with van der Waals surface area (Å²) in [5, 5.41) is 4.44. The fourth-order valence-corrected chi connectivity index (χ4v) is 2.98. The molecule has 1 aliphatic heterocycles. The molecule has 1 aromatic carbocycles. The van der Waals surface area contributed by atoms with Gasteiger partial charge >= 0.3 is 0 Å². The lowest BCUT2D eigenvalue weighted by Gasteiger charge is -2.27. The number of carbonyl (C=O) groups is 1. The van der Waals surface area contributed by atoms with Gasteiger partial charge in [0.1, 0.15) is 11.3 Å². The third-order valence-corrected chi connectivity index (χ3v) is 4.62. The Morgan fingerprint density at radius 3 is 2.92 bits per heavy atom. The summed E-state index contributed by atoms with van der Waals surface area (Å²) in [6.07, 6.45) is 1.09. The van der Waals surface area contributed by atoms with Crippen molar-refractivity contribution >= 4 is 29.3 Å². The van der Waals surface area contributed by atoms with E-state index in [4.69, 9.17) is 4.42 Å². The van der Waals surface area contributed by atoms with Crippen LogP contribution in [0.15, 0.2) is 34.7 Å². The molecule has 1 atom stereocenters. The van der Waals surface area contributed by atoms with Crippen molar-refractivity contribution < 1.29 is 9.21 Å². The van der Waals surface area contributed by atoms with Gasteiger partial charge in [-0.2, -0.15) is 0 Å². The molecular formula is C18H26ClN3O2. The van der Waals surface area contributed by atoms with Crippen LogP contribution in [0.5, 0.6) is 0 Å². The van der Waals surface area contributed by atoms with Crippen LogP contribution in [0.4, 0.5) is 0 Å². The van der Waals surface area contributed by atoms with Crippen LogP contribution in [-0.2, 0) is 4.79 Å². The number of benzene rings is 1. The van der Waals surface area contributed by atoms with E-state index >= 15 is 0 Å². The van der Waals surface area contributed by atoms with E-state index in [1.807, 2.05) is 44.3 Å². The predicted octanol–water partition coefficient (Wildman–Crippen LogP) is 2.67. The van der Waals surface area contributed by atoms with E-state index in [0.29, 0.717) is 6.54 Å². The van der Waals surface area contributed by atoms with Crippen LogP contribution < -0.4 is 5.32 Å². The molecule has 1 amide bonds. The maximum absolute atomic E-state index is 12.6. The van der Waals surface area contributed by atoms with Gasteiger partial charge in [-0.05, 0) is 38.6 Å². The Labute approximate surface area is 149 Å². The van der Waals surface area contributed by atoms with Crippen molar-refractivity contribution in [3.05, 3.63) is 36.1 Å². The molecule has 24 heavy (non-hydrogen) atoms. The summed E-state index contributed by atoms with van der Waals surface area (Å²) in [5.41, 5.74) is 0.869. The Kier molecular flexibility index (Phi) is 6.66. The van der Waals surface area contributed by atoms with E-state index < -0.39 is 0 Å². The van der Waals surface area contributed by atoms with Gasteiger partial charge in [0.05, 0.1) is 12.6 Å². The number of halogens is 1. The molecule has 0 aliphatic carbocycles. The average molecular weight is 352 g/mol. The van der Waals surface area contributed by atoms with E-state index in [0.717, 1.165) is 49.3 Å². The van der Waals surface area contributed by atoms with Crippen LogP contribution in [0.25, 0.3) is 11.0 Å². The number of para-hydroxylation sites is 1.